The molecule has 2 radical (unpaired) electrons. The standard InChI is InChI=1S/C24H28O6/c1-6-7-8-9-22(27-29-23(25)20-12-16(2)10-17(3)13-20)28-30-24(26)21-14-18(4)11-19(5)15-21/h10-15H,1,6-9H2,2-5H3. The average Bonchev–Trinajstić information content (AvgIpc) is 2.67. The maximum atomic E-state index is 12.3. The van der Waals surface area contributed by atoms with Crippen LogP contribution in [0.2, 0.25) is 0 Å². The summed E-state index contributed by atoms with van der Waals surface area (Å²) >= 11 is 0. The number of hydrogen-bond acceptors (Lipinski definition) is 6. The molecule has 0 bridgehead atoms. The number of benzene rings is 2. The number of carbonyl (C=O) groups excluding carboxylic acids is 2. The topological polar surface area (TPSA) is 71.1 Å². The van der Waals surface area contributed by atoms with Gasteiger partial charge in [-0.3, -0.25) is 9.78 Å². The van der Waals surface area contributed by atoms with Gasteiger partial charge in [-0.15, -0.1) is 9.78 Å². The molecular weight excluding hydrogens is 384 g/mol. The summed E-state index contributed by atoms with van der Waals surface area (Å²) in [4.78, 5) is 44.5. The van der Waals surface area contributed by atoms with Crippen LogP contribution in [-0.2, 0) is 19.6 Å². The Bertz CT molecular complexity index is 766. The van der Waals surface area contributed by atoms with Crippen molar-refractivity contribution in [1.82, 2.24) is 0 Å². The van der Waals surface area contributed by atoms with Gasteiger partial charge in [0.25, 0.3) is 0 Å². The summed E-state index contributed by atoms with van der Waals surface area (Å²) in [6, 6.07) is 10.7. The Labute approximate surface area is 178 Å². The van der Waals surface area contributed by atoms with Crippen LogP contribution < -0.4 is 0 Å². The summed E-state index contributed by atoms with van der Waals surface area (Å²) in [7, 11) is 0. The molecule has 0 unspecified atom stereocenters. The van der Waals surface area contributed by atoms with E-state index in [1.165, 1.54) is 0 Å². The van der Waals surface area contributed by atoms with E-state index in [0.29, 0.717) is 17.5 Å². The zero-order chi connectivity index (χ0) is 22.1. The Kier molecular flexibility index (Phi) is 9.02. The smallest absolute Gasteiger partial charge is 0.289 e. The summed E-state index contributed by atoms with van der Waals surface area (Å²) < 4.78 is 0. The molecule has 6 heteroatoms. The van der Waals surface area contributed by atoms with Crippen LogP contribution in [0.5, 0.6) is 0 Å². The Morgan fingerprint density at radius 1 is 0.667 bits per heavy atom. The van der Waals surface area contributed by atoms with Crippen LogP contribution in [0.25, 0.3) is 0 Å². The van der Waals surface area contributed by atoms with Crippen molar-refractivity contribution < 1.29 is 29.1 Å². The molecule has 160 valence electrons. The largest absolute Gasteiger partial charge is 0.373 e. The Morgan fingerprint density at radius 3 is 1.43 bits per heavy atom. The molecule has 0 fully saturated rings. The average molecular weight is 412 g/mol. The van der Waals surface area contributed by atoms with Crippen LogP contribution in [0.1, 0.15) is 68.7 Å². The number of aryl methyl sites for hydroxylation is 4. The third-order valence-corrected chi connectivity index (χ3v) is 4.22. The molecule has 0 saturated heterocycles. The van der Waals surface area contributed by atoms with Crippen molar-refractivity contribution in [3.05, 3.63) is 83.0 Å². The van der Waals surface area contributed by atoms with Gasteiger partial charge in [0.2, 0.25) is 0 Å². The first-order valence-corrected chi connectivity index (χ1v) is 9.88. The van der Waals surface area contributed by atoms with Gasteiger partial charge in [0.1, 0.15) is 0 Å². The number of rotatable bonds is 10. The van der Waals surface area contributed by atoms with Crippen LogP contribution in [-0.4, -0.2) is 11.9 Å². The second-order valence-electron chi connectivity index (χ2n) is 7.34. The summed E-state index contributed by atoms with van der Waals surface area (Å²) in [6.45, 7) is 11.3. The second kappa shape index (κ2) is 11.5. The molecular formula is C24H28O6. The first-order chi connectivity index (χ1) is 14.3. The number of unbranched alkanes of at least 4 members (excludes halogenated alkanes) is 2. The van der Waals surface area contributed by atoms with E-state index in [9.17, 15) is 9.59 Å². The lowest BCUT2D eigenvalue weighted by molar-refractivity contribution is -0.363. The fraction of sp³-hybridized carbons (Fsp3) is 0.333. The van der Waals surface area contributed by atoms with Gasteiger partial charge in [-0.05, 0) is 58.4 Å². The lowest BCUT2D eigenvalue weighted by Crippen LogP contribution is -2.16. The van der Waals surface area contributed by atoms with Gasteiger partial charge >= 0.3 is 18.2 Å². The summed E-state index contributed by atoms with van der Waals surface area (Å²) in [5.41, 5.74) is 4.44. The summed E-state index contributed by atoms with van der Waals surface area (Å²) in [5.74, 6) is -1.33. The van der Waals surface area contributed by atoms with Gasteiger partial charge in [-0.25, -0.2) is 9.59 Å². The van der Waals surface area contributed by atoms with Gasteiger partial charge < -0.3 is 0 Å². The van der Waals surface area contributed by atoms with E-state index in [1.807, 2.05) is 39.8 Å². The van der Waals surface area contributed by atoms with Crippen molar-refractivity contribution in [3.8, 4) is 0 Å². The molecule has 30 heavy (non-hydrogen) atoms. The molecule has 0 saturated carbocycles. The van der Waals surface area contributed by atoms with Gasteiger partial charge in [-0.2, -0.15) is 0 Å². The zero-order valence-corrected chi connectivity index (χ0v) is 17.9. The van der Waals surface area contributed by atoms with Crippen LogP contribution in [0, 0.1) is 40.9 Å². The van der Waals surface area contributed by atoms with E-state index in [0.717, 1.165) is 35.1 Å². The maximum Gasteiger partial charge on any atom is 0.373 e. The Balaban J connectivity index is 1.97. The lowest BCUT2D eigenvalue weighted by atomic mass is 10.1. The summed E-state index contributed by atoms with van der Waals surface area (Å²) in [5, 5.41) is 0. The molecule has 0 aliphatic rings. The van der Waals surface area contributed by atoms with Gasteiger partial charge in [0.15, 0.2) is 0 Å². The van der Waals surface area contributed by atoms with Crippen LogP contribution in [0.3, 0.4) is 0 Å². The first kappa shape index (κ1) is 23.6. The normalized spacial score (nSPS) is 10.9. The Hall–Kier alpha value is -2.70. The van der Waals surface area contributed by atoms with E-state index < -0.39 is 11.9 Å². The highest BCUT2D eigenvalue weighted by atomic mass is 17.3. The molecule has 0 aromatic heterocycles. The number of carbonyl (C=O) groups is 2. The molecule has 0 N–H and O–H groups in total. The van der Waals surface area contributed by atoms with Gasteiger partial charge in [-0.1, -0.05) is 54.2 Å². The third-order valence-electron chi connectivity index (χ3n) is 4.22. The van der Waals surface area contributed by atoms with E-state index >= 15 is 0 Å². The SMILES string of the molecule is [CH2]CCCC[C](OOC(=O)c1cc(C)cc(C)c1)OOC(=O)c1cc(C)cc(C)c1. The van der Waals surface area contributed by atoms with Crippen molar-refractivity contribution in [2.45, 2.75) is 53.4 Å². The van der Waals surface area contributed by atoms with Crippen LogP contribution in [0.15, 0.2) is 36.4 Å². The van der Waals surface area contributed by atoms with E-state index in [4.69, 9.17) is 19.6 Å². The predicted molar refractivity (Wildman–Crippen MR) is 112 cm³/mol. The van der Waals surface area contributed by atoms with Crippen molar-refractivity contribution >= 4 is 11.9 Å². The molecule has 0 heterocycles. The molecule has 2 rings (SSSR count). The van der Waals surface area contributed by atoms with Gasteiger partial charge in [0.05, 0.1) is 11.1 Å². The van der Waals surface area contributed by atoms with Crippen LogP contribution >= 0.6 is 0 Å². The molecule has 2 aromatic carbocycles. The molecule has 2 aromatic rings. The van der Waals surface area contributed by atoms with Crippen LogP contribution in [0.4, 0.5) is 0 Å². The fourth-order valence-corrected chi connectivity index (χ4v) is 2.99. The second-order valence-corrected chi connectivity index (χ2v) is 7.34. The van der Waals surface area contributed by atoms with E-state index in [1.54, 1.807) is 24.3 Å². The molecule has 0 aliphatic carbocycles. The summed E-state index contributed by atoms with van der Waals surface area (Å²) in [6.07, 6.45) is 2.39. The minimum Gasteiger partial charge on any atom is -0.289 e. The predicted octanol–water partition coefficient (Wildman–Crippen LogP) is 5.68. The van der Waals surface area contributed by atoms with Crippen molar-refractivity contribution in [3.63, 3.8) is 0 Å². The minimum atomic E-state index is -0.666. The molecule has 6 nitrogen and oxygen atoms in total. The van der Waals surface area contributed by atoms with E-state index in [-0.39, 0.29) is 12.7 Å². The van der Waals surface area contributed by atoms with Crippen molar-refractivity contribution in [2.75, 3.05) is 0 Å². The zero-order valence-electron chi connectivity index (χ0n) is 17.9. The highest BCUT2D eigenvalue weighted by Gasteiger charge is 2.21. The molecule has 0 atom stereocenters. The van der Waals surface area contributed by atoms with Crippen molar-refractivity contribution in [2.24, 2.45) is 0 Å². The molecule has 0 aliphatic heterocycles. The number of hydrogen-bond donors (Lipinski definition) is 0. The Morgan fingerprint density at radius 2 is 1.07 bits per heavy atom. The highest BCUT2D eigenvalue weighted by molar-refractivity contribution is 5.90. The minimum absolute atomic E-state index is 0.112. The fourth-order valence-electron chi connectivity index (χ4n) is 2.99. The third kappa shape index (κ3) is 7.61. The maximum absolute atomic E-state index is 12.3. The molecule has 0 amide bonds. The van der Waals surface area contributed by atoms with E-state index in [2.05, 4.69) is 6.92 Å². The monoisotopic (exact) mass is 412 g/mol. The lowest BCUT2D eigenvalue weighted by Gasteiger charge is -2.14. The first-order valence-electron chi connectivity index (χ1n) is 9.88. The van der Waals surface area contributed by atoms with Gasteiger partial charge in [0, 0.05) is 6.42 Å². The van der Waals surface area contributed by atoms with Crippen molar-refractivity contribution in [1.29, 1.82) is 0 Å². The quantitative estimate of drug-likeness (QED) is 0.284. The molecule has 0 spiro atoms. The highest BCUT2D eigenvalue weighted by Crippen LogP contribution is 2.19.